The molecule has 3 saturated carbocycles. The van der Waals surface area contributed by atoms with E-state index < -0.39 is 0 Å². The molecule has 1 heterocycles. The third-order valence-electron chi connectivity index (χ3n) is 9.90. The van der Waals surface area contributed by atoms with Crippen LogP contribution in [0.25, 0.3) is 0 Å². The Bertz CT molecular complexity index is 1020. The zero-order chi connectivity index (χ0) is 23.5. The van der Waals surface area contributed by atoms with Gasteiger partial charge in [-0.2, -0.15) is 0 Å². The Kier molecular flexibility index (Phi) is 7.63. The van der Waals surface area contributed by atoms with Crippen molar-refractivity contribution in [3.8, 4) is 11.8 Å². The number of fused-ring (bicyclic) bond motifs is 1. The van der Waals surface area contributed by atoms with Crippen molar-refractivity contribution < 1.29 is 0 Å². The molecule has 3 aliphatic carbocycles. The van der Waals surface area contributed by atoms with E-state index in [-0.39, 0.29) is 7.92 Å². The second kappa shape index (κ2) is 11.2. The maximum atomic E-state index is 3.68. The molecule has 0 radical (unpaired) electrons. The monoisotopic (exact) mass is 482 g/mol. The zero-order valence-corrected chi connectivity index (χ0v) is 22.4. The lowest BCUT2D eigenvalue weighted by Crippen LogP contribution is -2.29. The van der Waals surface area contributed by atoms with Gasteiger partial charge in [0.05, 0.1) is 0 Å². The molecule has 4 fully saturated rings. The van der Waals surface area contributed by atoms with Crippen LogP contribution in [-0.2, 0) is 0 Å². The van der Waals surface area contributed by atoms with E-state index in [9.17, 15) is 0 Å². The Morgan fingerprint density at radius 2 is 1.26 bits per heavy atom. The van der Waals surface area contributed by atoms with E-state index in [4.69, 9.17) is 0 Å². The highest BCUT2D eigenvalue weighted by Crippen LogP contribution is 2.73. The van der Waals surface area contributed by atoms with E-state index >= 15 is 0 Å². The average molecular weight is 483 g/mol. The fraction of sp³-hybridized carbons (Fsp3) is 0.588. The van der Waals surface area contributed by atoms with Crippen molar-refractivity contribution in [2.45, 2.75) is 113 Å². The van der Waals surface area contributed by atoms with Gasteiger partial charge in [-0.3, -0.25) is 0 Å². The van der Waals surface area contributed by atoms with E-state index in [2.05, 4.69) is 66.4 Å². The van der Waals surface area contributed by atoms with Crippen LogP contribution in [0.15, 0.2) is 54.6 Å². The molecule has 1 saturated heterocycles. The van der Waals surface area contributed by atoms with Crippen molar-refractivity contribution in [1.29, 1.82) is 0 Å². The van der Waals surface area contributed by atoms with Crippen LogP contribution in [0.4, 0.5) is 0 Å². The van der Waals surface area contributed by atoms with Gasteiger partial charge in [0.1, 0.15) is 0 Å². The van der Waals surface area contributed by atoms with Gasteiger partial charge in [0, 0.05) is 11.1 Å². The van der Waals surface area contributed by atoms with Crippen molar-refractivity contribution in [2.75, 3.05) is 0 Å². The minimum atomic E-state index is 0.116. The maximum Gasteiger partial charge on any atom is 0.0284 e. The molecule has 1 heteroatoms. The van der Waals surface area contributed by atoms with E-state index in [1.165, 1.54) is 82.6 Å². The quantitative estimate of drug-likeness (QED) is 0.302. The minimum absolute atomic E-state index is 0.116. The Hall–Kier alpha value is -1.57. The highest BCUT2D eigenvalue weighted by molar-refractivity contribution is 7.60. The third-order valence-corrected chi connectivity index (χ3v) is 14.1. The molecule has 2 aromatic rings. The summed E-state index contributed by atoms with van der Waals surface area (Å²) in [7, 11) is 0.116. The fourth-order valence-corrected chi connectivity index (χ4v) is 13.7. The van der Waals surface area contributed by atoms with Crippen LogP contribution >= 0.6 is 7.92 Å². The predicted octanol–water partition coefficient (Wildman–Crippen LogP) is 9.51. The van der Waals surface area contributed by atoms with Crippen LogP contribution in [0.2, 0.25) is 0 Å². The molecule has 1 aliphatic heterocycles. The van der Waals surface area contributed by atoms with Crippen LogP contribution in [0.5, 0.6) is 0 Å². The molecule has 4 aliphatic rings. The van der Waals surface area contributed by atoms with Crippen LogP contribution in [0.1, 0.15) is 112 Å². The number of hydrogen-bond acceptors (Lipinski definition) is 0. The highest BCUT2D eigenvalue weighted by atomic mass is 31.1. The summed E-state index contributed by atoms with van der Waals surface area (Å²) >= 11 is 0. The van der Waals surface area contributed by atoms with Gasteiger partial charge in [-0.15, -0.1) is 0 Å². The van der Waals surface area contributed by atoms with Gasteiger partial charge in [0.25, 0.3) is 0 Å². The first-order valence-electron chi connectivity index (χ1n) is 14.8. The van der Waals surface area contributed by atoms with Gasteiger partial charge in [0.2, 0.25) is 0 Å². The summed E-state index contributed by atoms with van der Waals surface area (Å²) in [5.74, 6) is 9.85. The summed E-state index contributed by atoms with van der Waals surface area (Å²) in [5.41, 5.74) is 7.15. The molecule has 0 aromatic heterocycles. The third kappa shape index (κ3) is 5.01. The summed E-state index contributed by atoms with van der Waals surface area (Å²) in [4.78, 5) is 0. The van der Waals surface area contributed by atoms with E-state index in [0.29, 0.717) is 0 Å². The van der Waals surface area contributed by atoms with Crippen molar-refractivity contribution >= 4 is 7.92 Å². The molecule has 0 bridgehead atoms. The van der Waals surface area contributed by atoms with Crippen LogP contribution in [0, 0.1) is 23.7 Å². The molecule has 35 heavy (non-hydrogen) atoms. The second-order valence-corrected chi connectivity index (χ2v) is 14.8. The first-order chi connectivity index (χ1) is 17.4. The van der Waals surface area contributed by atoms with E-state index in [1.807, 2.05) is 0 Å². The van der Waals surface area contributed by atoms with Gasteiger partial charge >= 0.3 is 0 Å². The molecule has 0 N–H and O–H groups in total. The van der Waals surface area contributed by atoms with Crippen LogP contribution in [-0.4, -0.2) is 17.0 Å². The topological polar surface area (TPSA) is 0 Å². The van der Waals surface area contributed by atoms with E-state index in [1.54, 1.807) is 18.4 Å². The molecule has 0 spiro atoms. The second-order valence-electron chi connectivity index (χ2n) is 11.9. The Morgan fingerprint density at radius 3 is 2.06 bits per heavy atom. The minimum Gasteiger partial charge on any atom is -0.0959 e. The smallest absolute Gasteiger partial charge is 0.0284 e. The normalized spacial score (nSPS) is 31.9. The van der Waals surface area contributed by atoms with Gasteiger partial charge in [-0.25, -0.2) is 0 Å². The number of rotatable bonds is 3. The standard InChI is InChI=1S/C34H43P/c1-4-14-26(15-5-1)24-25-27-16-10-11-21-30(27)33-31-22-12-13-23-32(31)35(29-19-8-3-9-20-29)34(33)28-17-6-2-7-18-28/h1,4-5,10-11,14-16,21,28-29,31-34H,2-3,6-9,12-13,17-20,22-23H2. The highest BCUT2D eigenvalue weighted by Gasteiger charge is 2.55. The van der Waals surface area contributed by atoms with Crippen molar-refractivity contribution in [3.05, 3.63) is 71.3 Å². The largest absolute Gasteiger partial charge is 0.0959 e. The number of benzene rings is 2. The molecule has 6 rings (SSSR count). The molecular weight excluding hydrogens is 439 g/mol. The first kappa shape index (κ1) is 23.8. The fourth-order valence-electron chi connectivity index (χ4n) is 8.47. The van der Waals surface area contributed by atoms with E-state index in [0.717, 1.165) is 40.3 Å². The molecule has 5 unspecified atom stereocenters. The van der Waals surface area contributed by atoms with Crippen molar-refractivity contribution in [1.82, 2.24) is 0 Å². The molecule has 2 aromatic carbocycles. The summed E-state index contributed by atoms with van der Waals surface area (Å²) < 4.78 is 0. The molecular formula is C34H43P. The lowest BCUT2D eigenvalue weighted by atomic mass is 9.70. The Balaban J connectivity index is 1.42. The molecule has 184 valence electrons. The van der Waals surface area contributed by atoms with Gasteiger partial charge in [-0.05, 0) is 97.0 Å². The average Bonchev–Trinajstić information content (AvgIpc) is 3.29. The van der Waals surface area contributed by atoms with Gasteiger partial charge < -0.3 is 0 Å². The summed E-state index contributed by atoms with van der Waals surface area (Å²) in [6.07, 6.45) is 21.0. The molecule has 0 amide bonds. The zero-order valence-electron chi connectivity index (χ0n) is 21.5. The maximum absolute atomic E-state index is 3.68. The van der Waals surface area contributed by atoms with Gasteiger partial charge in [-0.1, -0.05) is 108 Å². The summed E-state index contributed by atoms with van der Waals surface area (Å²) in [6, 6.07) is 20.0. The SMILES string of the molecule is C(#Cc1ccccc1C1C2CCCCC2P(C2CCCCC2)C1C1CCCCC1)c1ccccc1. The summed E-state index contributed by atoms with van der Waals surface area (Å²) in [6.45, 7) is 0. The molecule has 0 nitrogen and oxygen atoms in total. The molecule has 5 atom stereocenters. The van der Waals surface area contributed by atoms with Crippen LogP contribution in [0.3, 0.4) is 0 Å². The lowest BCUT2D eigenvalue weighted by molar-refractivity contribution is 0.275. The van der Waals surface area contributed by atoms with Gasteiger partial charge in [0.15, 0.2) is 0 Å². The van der Waals surface area contributed by atoms with Crippen molar-refractivity contribution in [3.63, 3.8) is 0 Å². The Morgan fingerprint density at radius 1 is 0.600 bits per heavy atom. The Labute approximate surface area is 215 Å². The predicted molar refractivity (Wildman–Crippen MR) is 152 cm³/mol. The van der Waals surface area contributed by atoms with Crippen LogP contribution < -0.4 is 0 Å². The first-order valence-corrected chi connectivity index (χ1v) is 16.4. The number of hydrogen-bond donors (Lipinski definition) is 0. The summed E-state index contributed by atoms with van der Waals surface area (Å²) in [5, 5.41) is 0. The lowest BCUT2D eigenvalue weighted by Gasteiger charge is -2.42. The van der Waals surface area contributed by atoms with Crippen molar-refractivity contribution in [2.24, 2.45) is 11.8 Å².